The lowest BCUT2D eigenvalue weighted by atomic mass is 9.97. The summed E-state index contributed by atoms with van der Waals surface area (Å²) in [6, 6.07) is 2.09. The van der Waals surface area contributed by atoms with Crippen LogP contribution >= 0.6 is 0 Å². The van der Waals surface area contributed by atoms with Crippen LogP contribution in [0.1, 0.15) is 70.8 Å². The molecule has 0 radical (unpaired) electrons. The molecule has 8 nitrogen and oxygen atoms in total. The van der Waals surface area contributed by atoms with Crippen LogP contribution in [0, 0.1) is 11.8 Å². The number of carbonyl (C=O) groups excluding carboxylic acids is 2. The molecule has 2 fully saturated rings. The highest BCUT2D eigenvalue weighted by Gasteiger charge is 2.28. The fourth-order valence-corrected chi connectivity index (χ4v) is 4.42. The van der Waals surface area contributed by atoms with Crippen LogP contribution in [-0.4, -0.2) is 66.2 Å². The number of likely N-dealkylation sites (tertiary alicyclic amines) is 1. The molecule has 1 aromatic heterocycles. The van der Waals surface area contributed by atoms with E-state index in [1.54, 1.807) is 0 Å². The number of carbonyl (C=O) groups is 2. The van der Waals surface area contributed by atoms with E-state index in [0.29, 0.717) is 25.7 Å². The van der Waals surface area contributed by atoms with Crippen LogP contribution in [0.4, 0.5) is 5.82 Å². The van der Waals surface area contributed by atoms with Crippen molar-refractivity contribution in [2.45, 2.75) is 65.8 Å². The SMILES string of the molecule is CCOC(=O)C1CCN(Cc2nc(C(C)C)cc(N3CCC(C(=O)OCC)CC3)n2)CC1. The standard InChI is InChI=1S/C24H38N4O4/c1-5-31-23(29)18-7-11-27(12-8-18)16-21-25-20(17(3)4)15-22(26-21)28-13-9-19(10-14-28)24(30)32-6-2/h15,17-19H,5-14,16H2,1-4H3. The Bertz CT molecular complexity index is 769. The minimum absolute atomic E-state index is 0.00497. The highest BCUT2D eigenvalue weighted by Crippen LogP contribution is 2.26. The molecule has 0 bridgehead atoms. The molecule has 0 aromatic carbocycles. The maximum Gasteiger partial charge on any atom is 0.309 e. The fourth-order valence-electron chi connectivity index (χ4n) is 4.42. The van der Waals surface area contributed by atoms with E-state index in [9.17, 15) is 9.59 Å². The first-order valence-corrected chi connectivity index (χ1v) is 12.1. The van der Waals surface area contributed by atoms with Gasteiger partial charge in [-0.1, -0.05) is 13.8 Å². The van der Waals surface area contributed by atoms with Crippen LogP contribution in [0.15, 0.2) is 6.07 Å². The average Bonchev–Trinajstić information content (AvgIpc) is 2.79. The summed E-state index contributed by atoms with van der Waals surface area (Å²) in [5, 5.41) is 0. The number of hydrogen-bond donors (Lipinski definition) is 0. The number of piperidine rings is 2. The van der Waals surface area contributed by atoms with Crippen molar-refractivity contribution >= 4 is 17.8 Å². The molecule has 2 aliphatic rings. The Morgan fingerprint density at radius 1 is 0.938 bits per heavy atom. The molecule has 0 saturated carbocycles. The minimum atomic E-state index is -0.0791. The molecule has 3 rings (SSSR count). The highest BCUT2D eigenvalue weighted by atomic mass is 16.5. The Morgan fingerprint density at radius 2 is 1.47 bits per heavy atom. The van der Waals surface area contributed by atoms with Crippen molar-refractivity contribution in [3.05, 3.63) is 17.6 Å². The average molecular weight is 447 g/mol. The largest absolute Gasteiger partial charge is 0.466 e. The van der Waals surface area contributed by atoms with Gasteiger partial charge in [0.1, 0.15) is 11.6 Å². The van der Waals surface area contributed by atoms with Crippen LogP contribution in [0.25, 0.3) is 0 Å². The van der Waals surface area contributed by atoms with Crippen molar-refractivity contribution in [3.63, 3.8) is 0 Å². The van der Waals surface area contributed by atoms with Crippen LogP contribution in [0.3, 0.4) is 0 Å². The van der Waals surface area contributed by atoms with Gasteiger partial charge >= 0.3 is 11.9 Å². The van der Waals surface area contributed by atoms with Gasteiger partial charge in [-0.2, -0.15) is 0 Å². The number of esters is 2. The molecule has 32 heavy (non-hydrogen) atoms. The first kappa shape index (κ1) is 24.4. The molecule has 2 aliphatic heterocycles. The molecular formula is C24H38N4O4. The third-order valence-electron chi connectivity index (χ3n) is 6.38. The van der Waals surface area contributed by atoms with Gasteiger partial charge in [0.15, 0.2) is 0 Å². The lowest BCUT2D eigenvalue weighted by molar-refractivity contribution is -0.150. The number of anilines is 1. The Hall–Kier alpha value is -2.22. The molecule has 2 saturated heterocycles. The van der Waals surface area contributed by atoms with E-state index in [1.807, 2.05) is 13.8 Å². The Morgan fingerprint density at radius 3 is 1.97 bits per heavy atom. The van der Waals surface area contributed by atoms with Gasteiger partial charge in [0.2, 0.25) is 0 Å². The molecule has 0 atom stereocenters. The van der Waals surface area contributed by atoms with Crippen molar-refractivity contribution in [1.82, 2.24) is 14.9 Å². The predicted molar refractivity (Wildman–Crippen MR) is 122 cm³/mol. The van der Waals surface area contributed by atoms with Gasteiger partial charge in [-0.3, -0.25) is 14.5 Å². The molecule has 1 aromatic rings. The van der Waals surface area contributed by atoms with Crippen molar-refractivity contribution in [2.24, 2.45) is 11.8 Å². The molecular weight excluding hydrogens is 408 g/mol. The molecule has 0 aliphatic carbocycles. The summed E-state index contributed by atoms with van der Waals surface area (Å²) in [4.78, 5) is 38.4. The summed E-state index contributed by atoms with van der Waals surface area (Å²) >= 11 is 0. The Labute approximate surface area is 191 Å². The quantitative estimate of drug-likeness (QED) is 0.563. The topological polar surface area (TPSA) is 84.9 Å². The van der Waals surface area contributed by atoms with E-state index in [1.165, 1.54) is 0 Å². The third kappa shape index (κ3) is 6.40. The molecule has 0 spiro atoms. The molecule has 0 amide bonds. The zero-order valence-corrected chi connectivity index (χ0v) is 20.0. The van der Waals surface area contributed by atoms with E-state index in [-0.39, 0.29) is 23.8 Å². The number of ether oxygens (including phenoxy) is 2. The molecule has 178 valence electrons. The van der Waals surface area contributed by atoms with Crippen LogP contribution in [0.5, 0.6) is 0 Å². The second-order valence-corrected chi connectivity index (χ2v) is 9.04. The summed E-state index contributed by atoms with van der Waals surface area (Å²) in [6.07, 6.45) is 3.21. The van der Waals surface area contributed by atoms with Crippen LogP contribution in [-0.2, 0) is 25.6 Å². The maximum absolute atomic E-state index is 12.1. The fraction of sp³-hybridized carbons (Fsp3) is 0.750. The smallest absolute Gasteiger partial charge is 0.309 e. The predicted octanol–water partition coefficient (Wildman–Crippen LogP) is 3.15. The van der Waals surface area contributed by atoms with E-state index in [2.05, 4.69) is 29.7 Å². The summed E-state index contributed by atoms with van der Waals surface area (Å²) < 4.78 is 10.4. The zero-order chi connectivity index (χ0) is 23.1. The number of rotatable bonds is 8. The van der Waals surface area contributed by atoms with Crippen molar-refractivity contribution in [1.29, 1.82) is 0 Å². The first-order chi connectivity index (χ1) is 15.4. The molecule has 8 heteroatoms. The molecule has 0 unspecified atom stereocenters. The second-order valence-electron chi connectivity index (χ2n) is 9.04. The van der Waals surface area contributed by atoms with E-state index < -0.39 is 0 Å². The zero-order valence-electron chi connectivity index (χ0n) is 20.0. The highest BCUT2D eigenvalue weighted by molar-refractivity contribution is 5.73. The molecule has 3 heterocycles. The van der Waals surface area contributed by atoms with Gasteiger partial charge in [-0.05, 0) is 58.5 Å². The number of aromatic nitrogens is 2. The monoisotopic (exact) mass is 446 g/mol. The van der Waals surface area contributed by atoms with Gasteiger partial charge in [0, 0.05) is 24.8 Å². The van der Waals surface area contributed by atoms with Gasteiger partial charge in [0.05, 0.1) is 31.6 Å². The summed E-state index contributed by atoms with van der Waals surface area (Å²) in [5.41, 5.74) is 1.04. The summed E-state index contributed by atoms with van der Waals surface area (Å²) in [6.45, 7) is 12.8. The van der Waals surface area contributed by atoms with Gasteiger partial charge in [-0.25, -0.2) is 9.97 Å². The van der Waals surface area contributed by atoms with Crippen molar-refractivity contribution < 1.29 is 19.1 Å². The van der Waals surface area contributed by atoms with Crippen LogP contribution < -0.4 is 4.90 Å². The van der Waals surface area contributed by atoms with Crippen LogP contribution in [0.2, 0.25) is 0 Å². The van der Waals surface area contributed by atoms with E-state index in [4.69, 9.17) is 19.4 Å². The second kappa shape index (κ2) is 11.6. The van der Waals surface area contributed by atoms with E-state index in [0.717, 1.165) is 69.2 Å². The van der Waals surface area contributed by atoms with Gasteiger partial charge < -0.3 is 14.4 Å². The minimum Gasteiger partial charge on any atom is -0.466 e. The Kier molecular flexibility index (Phi) is 8.84. The van der Waals surface area contributed by atoms with Gasteiger partial charge in [-0.15, -0.1) is 0 Å². The lowest BCUT2D eigenvalue weighted by Gasteiger charge is -2.33. The van der Waals surface area contributed by atoms with Gasteiger partial charge in [0.25, 0.3) is 0 Å². The summed E-state index contributed by atoms with van der Waals surface area (Å²) in [7, 11) is 0. The van der Waals surface area contributed by atoms with Crippen molar-refractivity contribution in [2.75, 3.05) is 44.3 Å². The maximum atomic E-state index is 12.1. The Balaban J connectivity index is 1.63. The summed E-state index contributed by atoms with van der Waals surface area (Å²) in [5.74, 6) is 1.92. The van der Waals surface area contributed by atoms with Crippen molar-refractivity contribution in [3.8, 4) is 0 Å². The van der Waals surface area contributed by atoms with E-state index >= 15 is 0 Å². The normalized spacial score (nSPS) is 18.7. The number of hydrogen-bond acceptors (Lipinski definition) is 8. The molecule has 0 N–H and O–H groups in total. The first-order valence-electron chi connectivity index (χ1n) is 12.1. The lowest BCUT2D eigenvalue weighted by Crippen LogP contribution is -2.38. The third-order valence-corrected chi connectivity index (χ3v) is 6.38. The number of nitrogens with zero attached hydrogens (tertiary/aromatic N) is 4.